The summed E-state index contributed by atoms with van der Waals surface area (Å²) in [5.74, 6) is -3.19. The molecule has 0 radical (unpaired) electrons. The lowest BCUT2D eigenvalue weighted by Gasteiger charge is -2.10. The van der Waals surface area contributed by atoms with Crippen molar-refractivity contribution in [3.63, 3.8) is 0 Å². The van der Waals surface area contributed by atoms with E-state index in [0.717, 1.165) is 18.3 Å². The molecule has 1 aromatic carbocycles. The van der Waals surface area contributed by atoms with E-state index >= 15 is 0 Å². The Bertz CT molecular complexity index is 685. The first-order valence-electron chi connectivity index (χ1n) is 5.51. The van der Waals surface area contributed by atoms with Crippen LogP contribution >= 0.6 is 0 Å². The highest BCUT2D eigenvalue weighted by Crippen LogP contribution is 2.34. The van der Waals surface area contributed by atoms with Gasteiger partial charge in [-0.25, -0.2) is 14.2 Å². The number of benzene rings is 1. The second-order valence-corrected chi connectivity index (χ2v) is 3.93. The summed E-state index contributed by atoms with van der Waals surface area (Å²) in [4.78, 5) is 14.4. The number of rotatable bonds is 3. The van der Waals surface area contributed by atoms with Crippen molar-refractivity contribution >= 4 is 5.97 Å². The van der Waals surface area contributed by atoms with Crippen LogP contribution < -0.4 is 4.74 Å². The molecule has 0 aliphatic rings. The van der Waals surface area contributed by atoms with Crippen molar-refractivity contribution in [2.24, 2.45) is 0 Å². The maximum Gasteiger partial charge on any atom is 0.419 e. The number of hydrogen-bond donors (Lipinski definition) is 1. The maximum absolute atomic E-state index is 13.1. The molecule has 2 aromatic rings. The van der Waals surface area contributed by atoms with Crippen molar-refractivity contribution in [1.29, 1.82) is 0 Å². The van der Waals surface area contributed by atoms with E-state index in [9.17, 15) is 22.4 Å². The maximum atomic E-state index is 13.1. The van der Waals surface area contributed by atoms with E-state index in [0.29, 0.717) is 12.1 Å². The number of aromatic nitrogens is 1. The summed E-state index contributed by atoms with van der Waals surface area (Å²) < 4.78 is 55.8. The topological polar surface area (TPSA) is 59.4 Å². The number of carboxylic acid groups (broad SMARTS) is 1. The molecule has 4 nitrogen and oxygen atoms in total. The minimum atomic E-state index is -4.86. The fraction of sp³-hybridized carbons (Fsp3) is 0.0769. The van der Waals surface area contributed by atoms with E-state index in [4.69, 9.17) is 9.84 Å². The van der Waals surface area contributed by atoms with Crippen LogP contribution in [0.2, 0.25) is 0 Å². The van der Waals surface area contributed by atoms with Crippen molar-refractivity contribution in [2.45, 2.75) is 6.18 Å². The van der Waals surface area contributed by atoms with Crippen molar-refractivity contribution in [3.05, 3.63) is 53.5 Å². The van der Waals surface area contributed by atoms with Gasteiger partial charge in [0.25, 0.3) is 0 Å². The Morgan fingerprint density at radius 2 is 1.90 bits per heavy atom. The molecule has 0 atom stereocenters. The second-order valence-electron chi connectivity index (χ2n) is 3.93. The van der Waals surface area contributed by atoms with Crippen molar-refractivity contribution < 1.29 is 32.2 Å². The smallest absolute Gasteiger partial charge is 0.419 e. The summed E-state index contributed by atoms with van der Waals surface area (Å²) in [6.45, 7) is 0. The molecule has 0 saturated carbocycles. The van der Waals surface area contributed by atoms with Crippen LogP contribution in [-0.2, 0) is 6.18 Å². The average Bonchev–Trinajstić information content (AvgIpc) is 2.40. The molecule has 0 bridgehead atoms. The second kappa shape index (κ2) is 5.39. The van der Waals surface area contributed by atoms with Crippen LogP contribution in [0.4, 0.5) is 17.6 Å². The molecule has 0 unspecified atom stereocenters. The molecule has 8 heteroatoms. The molecule has 1 heterocycles. The van der Waals surface area contributed by atoms with Gasteiger partial charge in [0, 0.05) is 12.3 Å². The van der Waals surface area contributed by atoms with Crippen LogP contribution in [0.15, 0.2) is 36.5 Å². The van der Waals surface area contributed by atoms with Gasteiger partial charge in [-0.1, -0.05) is 0 Å². The summed E-state index contributed by atoms with van der Waals surface area (Å²) in [5, 5.41) is 8.78. The van der Waals surface area contributed by atoms with Crippen LogP contribution in [0.25, 0.3) is 0 Å². The van der Waals surface area contributed by atoms with E-state index in [1.165, 1.54) is 6.07 Å². The molecule has 0 saturated heterocycles. The van der Waals surface area contributed by atoms with Crippen LogP contribution in [0.1, 0.15) is 15.9 Å². The molecule has 2 rings (SSSR count). The fourth-order valence-corrected chi connectivity index (χ4v) is 1.50. The predicted octanol–water partition coefficient (Wildman–Crippen LogP) is 3.73. The van der Waals surface area contributed by atoms with Crippen molar-refractivity contribution in [1.82, 2.24) is 4.98 Å². The molecule has 0 aliphatic carbocycles. The fourth-order valence-electron chi connectivity index (χ4n) is 1.50. The molecule has 1 aromatic heterocycles. The minimum Gasteiger partial charge on any atom is -0.478 e. The zero-order valence-corrected chi connectivity index (χ0v) is 10.2. The Kier molecular flexibility index (Phi) is 3.79. The zero-order valence-electron chi connectivity index (χ0n) is 10.2. The Morgan fingerprint density at radius 1 is 1.19 bits per heavy atom. The van der Waals surface area contributed by atoms with Gasteiger partial charge in [-0.15, -0.1) is 0 Å². The van der Waals surface area contributed by atoms with Crippen LogP contribution in [0.3, 0.4) is 0 Å². The van der Waals surface area contributed by atoms with E-state index in [2.05, 4.69) is 4.98 Å². The van der Waals surface area contributed by atoms with Gasteiger partial charge in [0.1, 0.15) is 11.6 Å². The summed E-state index contributed by atoms with van der Waals surface area (Å²) in [6, 6.07) is 4.31. The van der Waals surface area contributed by atoms with Gasteiger partial charge in [0.15, 0.2) is 0 Å². The number of aromatic carboxylic acids is 1. The number of alkyl halides is 3. The summed E-state index contributed by atoms with van der Waals surface area (Å²) in [7, 11) is 0. The molecular formula is C13H7F4NO3. The predicted molar refractivity (Wildman–Crippen MR) is 62.7 cm³/mol. The van der Waals surface area contributed by atoms with E-state index < -0.39 is 23.5 Å². The zero-order chi connectivity index (χ0) is 15.6. The lowest BCUT2D eigenvalue weighted by Crippen LogP contribution is -2.08. The first-order valence-corrected chi connectivity index (χ1v) is 5.51. The number of carbonyl (C=O) groups is 1. The molecule has 0 fully saturated rings. The highest BCUT2D eigenvalue weighted by Gasteiger charge is 2.34. The third-order valence-electron chi connectivity index (χ3n) is 2.45. The summed E-state index contributed by atoms with van der Waals surface area (Å²) in [6.07, 6.45) is -3.73. The van der Waals surface area contributed by atoms with Crippen LogP contribution in [0, 0.1) is 5.82 Å². The quantitative estimate of drug-likeness (QED) is 0.878. The first kappa shape index (κ1) is 14.8. The lowest BCUT2D eigenvalue weighted by molar-refractivity contribution is -0.140. The summed E-state index contributed by atoms with van der Waals surface area (Å²) >= 11 is 0. The number of hydrogen-bond acceptors (Lipinski definition) is 3. The number of nitrogens with zero attached hydrogens (tertiary/aromatic N) is 1. The van der Waals surface area contributed by atoms with Gasteiger partial charge in [0.2, 0.25) is 5.88 Å². The van der Waals surface area contributed by atoms with Gasteiger partial charge < -0.3 is 9.84 Å². The molecule has 1 N–H and O–H groups in total. The highest BCUT2D eigenvalue weighted by molar-refractivity contribution is 5.87. The molecule has 0 aliphatic heterocycles. The number of ether oxygens (including phenoxy) is 1. The van der Waals surface area contributed by atoms with E-state index in [-0.39, 0.29) is 17.2 Å². The third-order valence-corrected chi connectivity index (χ3v) is 2.45. The molecule has 21 heavy (non-hydrogen) atoms. The minimum absolute atomic E-state index is 0.141. The Hall–Kier alpha value is -2.64. The number of carboxylic acids is 1. The molecular weight excluding hydrogens is 294 g/mol. The molecule has 110 valence electrons. The van der Waals surface area contributed by atoms with Crippen LogP contribution in [0.5, 0.6) is 11.6 Å². The molecule has 0 spiro atoms. The van der Waals surface area contributed by atoms with Gasteiger partial charge in [0.05, 0.1) is 11.1 Å². The van der Waals surface area contributed by atoms with E-state index in [1.54, 1.807) is 0 Å². The van der Waals surface area contributed by atoms with Gasteiger partial charge in [-0.2, -0.15) is 13.2 Å². The van der Waals surface area contributed by atoms with Gasteiger partial charge in [-0.05, 0) is 24.3 Å². The Balaban J connectivity index is 2.32. The van der Waals surface area contributed by atoms with E-state index in [1.807, 2.05) is 0 Å². The standard InChI is InChI=1S/C13H7F4NO3/c14-10-2-1-8(6-9(10)13(15,16)17)21-11-5-7(12(19)20)3-4-18-11/h1-6H,(H,19,20). The Morgan fingerprint density at radius 3 is 2.52 bits per heavy atom. The third kappa shape index (κ3) is 3.47. The molecule has 0 amide bonds. The number of halogens is 4. The Labute approximate surface area is 115 Å². The van der Waals surface area contributed by atoms with Crippen molar-refractivity contribution in [2.75, 3.05) is 0 Å². The number of pyridine rings is 1. The van der Waals surface area contributed by atoms with Crippen molar-refractivity contribution in [3.8, 4) is 11.6 Å². The van der Waals surface area contributed by atoms with Crippen LogP contribution in [-0.4, -0.2) is 16.1 Å². The van der Waals surface area contributed by atoms with Gasteiger partial charge >= 0.3 is 12.1 Å². The highest BCUT2D eigenvalue weighted by atomic mass is 19.4. The first-order chi connectivity index (χ1) is 9.77. The van der Waals surface area contributed by atoms with Gasteiger partial charge in [-0.3, -0.25) is 0 Å². The SMILES string of the molecule is O=C(O)c1ccnc(Oc2ccc(F)c(C(F)(F)F)c2)c1. The normalized spacial score (nSPS) is 11.2. The summed E-state index contributed by atoms with van der Waals surface area (Å²) in [5.41, 5.74) is -1.62. The monoisotopic (exact) mass is 301 g/mol. The largest absolute Gasteiger partial charge is 0.478 e. The average molecular weight is 301 g/mol. The lowest BCUT2D eigenvalue weighted by atomic mass is 10.2.